The highest BCUT2D eigenvalue weighted by atomic mass is 16.6. The second kappa shape index (κ2) is 4.75. The van der Waals surface area contributed by atoms with Crippen LogP contribution in [0, 0.1) is 20.2 Å². The molecule has 0 bridgehead atoms. The Morgan fingerprint density at radius 2 is 1.86 bits per heavy atom. The average molecular weight is 199 g/mol. The number of nitrogens with two attached hydrogens (primary N) is 1. The quantitative estimate of drug-likeness (QED) is 0.408. The summed E-state index contributed by atoms with van der Waals surface area (Å²) in [4.78, 5) is 18.9. The number of nitro groups is 2. The first-order valence-corrected chi connectivity index (χ1v) is 3.51. The third-order valence-electron chi connectivity index (χ3n) is 1.34. The lowest BCUT2D eigenvalue weighted by Gasteiger charge is -1.96. The molecule has 0 saturated carbocycles. The van der Waals surface area contributed by atoms with Crippen molar-refractivity contribution in [3.63, 3.8) is 0 Å². The monoisotopic (exact) mass is 199 g/mol. The first-order valence-electron chi connectivity index (χ1n) is 3.51. The van der Waals surface area contributed by atoms with Gasteiger partial charge in [0.15, 0.2) is 0 Å². The normalized spacial score (nSPS) is 12.4. The lowest BCUT2D eigenvalue weighted by molar-refractivity contribution is -0.431. The Bertz CT molecular complexity index is 343. The number of hydrogen-bond acceptors (Lipinski definition) is 5. The van der Waals surface area contributed by atoms with Crippen LogP contribution in [0.1, 0.15) is 6.92 Å². The average Bonchev–Trinajstić information content (AvgIpc) is 2.11. The van der Waals surface area contributed by atoms with Crippen LogP contribution in [-0.2, 0) is 0 Å². The van der Waals surface area contributed by atoms with Crippen molar-refractivity contribution in [2.45, 2.75) is 6.92 Å². The SMILES string of the molecule is C=C(/C=C(\C(N)=C/C)[N+](=O)[O-])[N+](=O)[O-]. The van der Waals surface area contributed by atoms with Crippen molar-refractivity contribution in [1.29, 1.82) is 0 Å². The molecule has 7 heteroatoms. The third kappa shape index (κ3) is 3.05. The molecule has 0 aliphatic rings. The zero-order valence-corrected chi connectivity index (χ0v) is 7.47. The molecule has 0 aliphatic heterocycles. The largest absolute Gasteiger partial charge is 0.393 e. The maximum atomic E-state index is 10.4. The van der Waals surface area contributed by atoms with Crippen LogP contribution in [0.4, 0.5) is 0 Å². The summed E-state index contributed by atoms with van der Waals surface area (Å²) in [5.74, 6) is 0. The van der Waals surface area contributed by atoms with Crippen LogP contribution >= 0.6 is 0 Å². The molecule has 0 rings (SSSR count). The molecule has 0 aromatic carbocycles. The topological polar surface area (TPSA) is 112 Å². The van der Waals surface area contributed by atoms with Gasteiger partial charge in [-0.15, -0.1) is 0 Å². The molecule has 14 heavy (non-hydrogen) atoms. The molecule has 0 saturated heterocycles. The van der Waals surface area contributed by atoms with Gasteiger partial charge in [-0.1, -0.05) is 6.08 Å². The van der Waals surface area contributed by atoms with Crippen molar-refractivity contribution < 1.29 is 9.85 Å². The zero-order valence-electron chi connectivity index (χ0n) is 7.47. The fraction of sp³-hybridized carbons (Fsp3) is 0.143. The molecule has 0 fully saturated rings. The standard InChI is InChI=1S/C7H9N3O4/c1-3-6(8)7(10(13)14)4-5(2)9(11)12/h3-4H,2,8H2,1H3/b6-3+,7-4+. The van der Waals surface area contributed by atoms with E-state index in [9.17, 15) is 20.2 Å². The lowest BCUT2D eigenvalue weighted by Crippen LogP contribution is -2.10. The summed E-state index contributed by atoms with van der Waals surface area (Å²) in [6.45, 7) is 4.52. The van der Waals surface area contributed by atoms with E-state index in [1.165, 1.54) is 13.0 Å². The summed E-state index contributed by atoms with van der Waals surface area (Å²) in [5.41, 5.74) is 4.00. The van der Waals surface area contributed by atoms with Crippen molar-refractivity contribution in [3.8, 4) is 0 Å². The number of nitrogens with zero attached hydrogens (tertiary/aromatic N) is 2. The molecule has 0 spiro atoms. The van der Waals surface area contributed by atoms with E-state index in [2.05, 4.69) is 6.58 Å². The molecule has 0 atom stereocenters. The predicted molar refractivity (Wildman–Crippen MR) is 49.2 cm³/mol. The summed E-state index contributed by atoms with van der Waals surface area (Å²) < 4.78 is 0. The molecule has 0 unspecified atom stereocenters. The zero-order chi connectivity index (χ0) is 11.3. The fourth-order valence-electron chi connectivity index (χ4n) is 0.600. The third-order valence-corrected chi connectivity index (χ3v) is 1.34. The fourth-order valence-corrected chi connectivity index (χ4v) is 0.600. The summed E-state index contributed by atoms with van der Waals surface area (Å²) >= 11 is 0. The number of hydrogen-bond donors (Lipinski definition) is 1. The minimum atomic E-state index is -0.827. The Morgan fingerprint density at radius 3 is 2.14 bits per heavy atom. The molecule has 0 heterocycles. The minimum absolute atomic E-state index is 0.141. The van der Waals surface area contributed by atoms with Crippen molar-refractivity contribution in [1.82, 2.24) is 0 Å². The van der Waals surface area contributed by atoms with Gasteiger partial charge in [0.2, 0.25) is 0 Å². The van der Waals surface area contributed by atoms with Crippen molar-refractivity contribution >= 4 is 0 Å². The van der Waals surface area contributed by atoms with Crippen molar-refractivity contribution in [3.05, 3.63) is 56.1 Å². The number of allylic oxidation sites excluding steroid dienone is 2. The van der Waals surface area contributed by atoms with Crippen LogP contribution in [0.2, 0.25) is 0 Å². The Hall–Kier alpha value is -2.18. The van der Waals surface area contributed by atoms with Gasteiger partial charge in [0, 0.05) is 0 Å². The molecule has 0 aromatic heterocycles. The summed E-state index contributed by atoms with van der Waals surface area (Å²) in [6, 6.07) is 0. The maximum Gasteiger partial charge on any atom is 0.298 e. The maximum absolute atomic E-state index is 10.4. The first kappa shape index (κ1) is 11.8. The van der Waals surface area contributed by atoms with E-state index in [0.717, 1.165) is 6.08 Å². The van der Waals surface area contributed by atoms with E-state index in [1.807, 2.05) is 0 Å². The molecule has 0 radical (unpaired) electrons. The second-order valence-corrected chi connectivity index (χ2v) is 2.28. The summed E-state index contributed by atoms with van der Waals surface area (Å²) in [7, 11) is 0. The van der Waals surface area contributed by atoms with E-state index in [-0.39, 0.29) is 5.70 Å². The Kier molecular flexibility index (Phi) is 4.01. The Balaban J connectivity index is 5.13. The first-order chi connectivity index (χ1) is 6.40. The van der Waals surface area contributed by atoms with Gasteiger partial charge in [0.1, 0.15) is 5.70 Å². The number of rotatable bonds is 4. The van der Waals surface area contributed by atoms with E-state index in [4.69, 9.17) is 5.73 Å². The Morgan fingerprint density at radius 1 is 1.36 bits per heavy atom. The summed E-state index contributed by atoms with van der Waals surface area (Å²) in [5, 5.41) is 20.6. The smallest absolute Gasteiger partial charge is 0.298 e. The molecular weight excluding hydrogens is 190 g/mol. The minimum Gasteiger partial charge on any atom is -0.393 e. The van der Waals surface area contributed by atoms with Gasteiger partial charge in [0.05, 0.1) is 15.9 Å². The van der Waals surface area contributed by atoms with Crippen molar-refractivity contribution in [2.75, 3.05) is 0 Å². The van der Waals surface area contributed by atoms with Gasteiger partial charge in [-0.3, -0.25) is 20.2 Å². The highest BCUT2D eigenvalue weighted by Crippen LogP contribution is 2.08. The van der Waals surface area contributed by atoms with Gasteiger partial charge in [0.25, 0.3) is 11.4 Å². The molecule has 0 aromatic rings. The van der Waals surface area contributed by atoms with Gasteiger partial charge < -0.3 is 5.73 Å². The molecule has 0 aliphatic carbocycles. The van der Waals surface area contributed by atoms with Crippen LogP contribution < -0.4 is 5.73 Å². The van der Waals surface area contributed by atoms with Crippen LogP contribution in [0.5, 0.6) is 0 Å². The highest BCUT2D eigenvalue weighted by Gasteiger charge is 2.17. The Labute approximate surface area is 79.5 Å². The van der Waals surface area contributed by atoms with E-state index < -0.39 is 21.2 Å². The molecular formula is C7H9N3O4. The summed E-state index contributed by atoms with van der Waals surface area (Å²) in [6.07, 6.45) is 2.00. The van der Waals surface area contributed by atoms with Gasteiger partial charge in [-0.05, 0) is 13.5 Å². The van der Waals surface area contributed by atoms with E-state index >= 15 is 0 Å². The van der Waals surface area contributed by atoms with Crippen LogP contribution in [0.25, 0.3) is 0 Å². The van der Waals surface area contributed by atoms with Crippen LogP contribution in [0.3, 0.4) is 0 Å². The predicted octanol–water partition coefficient (Wildman–Crippen LogP) is 0.800. The van der Waals surface area contributed by atoms with E-state index in [1.54, 1.807) is 0 Å². The van der Waals surface area contributed by atoms with Gasteiger partial charge in [-0.2, -0.15) is 0 Å². The lowest BCUT2D eigenvalue weighted by atomic mass is 10.3. The van der Waals surface area contributed by atoms with Crippen molar-refractivity contribution in [2.24, 2.45) is 5.73 Å². The van der Waals surface area contributed by atoms with Crippen LogP contribution in [-0.4, -0.2) is 9.85 Å². The highest BCUT2D eigenvalue weighted by molar-refractivity contribution is 5.26. The molecule has 76 valence electrons. The van der Waals surface area contributed by atoms with Gasteiger partial charge >= 0.3 is 0 Å². The molecule has 7 nitrogen and oxygen atoms in total. The second-order valence-electron chi connectivity index (χ2n) is 2.28. The molecule has 0 amide bonds. The molecule has 2 N–H and O–H groups in total. The van der Waals surface area contributed by atoms with Gasteiger partial charge in [-0.25, -0.2) is 0 Å². The van der Waals surface area contributed by atoms with E-state index in [0.29, 0.717) is 0 Å². The van der Waals surface area contributed by atoms with Crippen LogP contribution in [0.15, 0.2) is 35.8 Å².